The Morgan fingerprint density at radius 1 is 0.301 bits per heavy atom. The van der Waals surface area contributed by atoms with Crippen LogP contribution in [0.2, 0.25) is 0 Å². The molecule has 2 heterocycles. The molecule has 13 rings (SSSR count). The van der Waals surface area contributed by atoms with Gasteiger partial charge in [0.15, 0.2) is 17.5 Å². The van der Waals surface area contributed by atoms with Crippen molar-refractivity contribution in [3.63, 3.8) is 0 Å². The second-order valence-corrected chi connectivity index (χ2v) is 22.5. The molecule has 2 aliphatic carbocycles. The van der Waals surface area contributed by atoms with Gasteiger partial charge in [0.1, 0.15) is 0 Å². The lowest BCUT2D eigenvalue weighted by Gasteiger charge is -2.44. The molecule has 0 saturated heterocycles. The molecule has 0 spiro atoms. The second-order valence-electron chi connectivity index (χ2n) is 22.5. The van der Waals surface area contributed by atoms with Crippen LogP contribution in [0.1, 0.15) is 77.6 Å². The number of aromatic nitrogens is 4. The van der Waals surface area contributed by atoms with E-state index in [9.17, 15) is 0 Å². The van der Waals surface area contributed by atoms with Crippen LogP contribution < -0.4 is 0 Å². The Hall–Kier alpha value is -8.21. The summed E-state index contributed by atoms with van der Waals surface area (Å²) < 4.78 is 2.47. The van der Waals surface area contributed by atoms with Crippen molar-refractivity contribution < 1.29 is 0 Å². The van der Waals surface area contributed by atoms with Crippen molar-refractivity contribution in [2.75, 3.05) is 0 Å². The maximum atomic E-state index is 5.16. The van der Waals surface area contributed by atoms with E-state index in [0.717, 1.165) is 33.5 Å². The predicted molar refractivity (Wildman–Crippen MR) is 304 cm³/mol. The largest absolute Gasteiger partial charge is 0.309 e. The number of nitrogens with zero attached hydrogens (tertiary/aromatic N) is 4. The van der Waals surface area contributed by atoms with E-state index in [2.05, 4.69) is 242 Å². The molecule has 0 atom stereocenters. The van der Waals surface area contributed by atoms with E-state index < -0.39 is 0 Å². The molecule has 0 bridgehead atoms. The van der Waals surface area contributed by atoms with E-state index >= 15 is 0 Å². The van der Waals surface area contributed by atoms with Gasteiger partial charge in [-0.15, -0.1) is 0 Å². The molecule has 2 aliphatic rings. The van der Waals surface area contributed by atoms with Crippen molar-refractivity contribution >= 4 is 21.8 Å². The van der Waals surface area contributed by atoms with Gasteiger partial charge in [0.2, 0.25) is 0 Å². The van der Waals surface area contributed by atoms with Crippen molar-refractivity contribution in [2.45, 2.75) is 71.6 Å². The molecular formula is C69H58N4. The van der Waals surface area contributed by atoms with Crippen LogP contribution in [0.15, 0.2) is 206 Å². The second kappa shape index (κ2) is 16.2. The number of benzene rings is 9. The summed E-state index contributed by atoms with van der Waals surface area (Å²) in [4.78, 5) is 15.3. The third-order valence-electron chi connectivity index (χ3n) is 17.8. The number of para-hydroxylation sites is 1. The summed E-state index contributed by atoms with van der Waals surface area (Å²) in [6, 6.07) is 75.1. The first-order chi connectivity index (χ1) is 35.2. The number of hydrogen-bond acceptors (Lipinski definition) is 3. The van der Waals surface area contributed by atoms with Gasteiger partial charge in [-0.2, -0.15) is 0 Å². The maximum Gasteiger partial charge on any atom is 0.164 e. The van der Waals surface area contributed by atoms with Gasteiger partial charge in [0, 0.05) is 38.6 Å². The van der Waals surface area contributed by atoms with Gasteiger partial charge in [-0.05, 0) is 132 Å². The molecule has 0 N–H and O–H groups in total. The van der Waals surface area contributed by atoms with Crippen LogP contribution in [-0.4, -0.2) is 19.5 Å². The normalized spacial score (nSPS) is 15.6. The van der Waals surface area contributed by atoms with E-state index in [1.165, 1.54) is 77.4 Å². The van der Waals surface area contributed by atoms with Gasteiger partial charge < -0.3 is 4.57 Å². The van der Waals surface area contributed by atoms with E-state index in [0.29, 0.717) is 17.5 Å². The highest BCUT2D eigenvalue weighted by Gasteiger charge is 2.57. The van der Waals surface area contributed by atoms with Crippen molar-refractivity contribution in [1.29, 1.82) is 0 Å². The Kier molecular flexibility index (Phi) is 9.89. The minimum atomic E-state index is -0.122. The average molecular weight is 943 g/mol. The summed E-state index contributed by atoms with van der Waals surface area (Å²) in [6.45, 7) is 19.4. The van der Waals surface area contributed by atoms with Crippen LogP contribution in [0.25, 0.3) is 106 Å². The Labute approximate surface area is 429 Å². The predicted octanol–water partition coefficient (Wildman–Crippen LogP) is 17.9. The molecule has 0 aliphatic heterocycles. The maximum absolute atomic E-state index is 5.16. The first kappa shape index (κ1) is 44.7. The lowest BCUT2D eigenvalue weighted by Crippen LogP contribution is -2.42. The number of fused-ring (bicyclic) bond motifs is 7. The molecule has 11 aromatic rings. The summed E-state index contributed by atoms with van der Waals surface area (Å²) in [5, 5.41) is 2.52. The first-order valence-electron chi connectivity index (χ1n) is 25.8. The molecule has 4 nitrogen and oxygen atoms in total. The summed E-state index contributed by atoms with van der Waals surface area (Å²) in [5.74, 6) is 1.93. The first-order valence-corrected chi connectivity index (χ1v) is 25.8. The topological polar surface area (TPSA) is 43.6 Å². The van der Waals surface area contributed by atoms with Crippen LogP contribution >= 0.6 is 0 Å². The molecule has 2 aromatic heterocycles. The third kappa shape index (κ3) is 6.76. The van der Waals surface area contributed by atoms with Gasteiger partial charge in [0.25, 0.3) is 0 Å². The van der Waals surface area contributed by atoms with Crippen LogP contribution in [0.5, 0.6) is 0 Å². The molecule has 73 heavy (non-hydrogen) atoms. The average Bonchev–Trinajstić information content (AvgIpc) is 3.90. The van der Waals surface area contributed by atoms with E-state index in [1.54, 1.807) is 0 Å². The van der Waals surface area contributed by atoms with Gasteiger partial charge in [-0.3, -0.25) is 0 Å². The Morgan fingerprint density at radius 2 is 0.740 bits per heavy atom. The molecule has 4 heteroatoms. The smallest absolute Gasteiger partial charge is 0.164 e. The van der Waals surface area contributed by atoms with Crippen molar-refractivity contribution in [1.82, 2.24) is 19.5 Å². The Morgan fingerprint density at radius 3 is 1.33 bits per heavy atom. The monoisotopic (exact) mass is 942 g/mol. The minimum absolute atomic E-state index is 0.00534. The van der Waals surface area contributed by atoms with E-state index in [4.69, 9.17) is 15.0 Å². The quantitative estimate of drug-likeness (QED) is 0.160. The SMILES string of the molecule is CC1(C)c2ccccc2-c2cc3c(cc21)c1cc(-c2cc4c(cc2-c2ccc(-c5nc(-c6ccccc6)nc(-c6ccc(-c7ccccc7)cc6)n5)cc2)C(C)(C)C(C)(C)C4(C)C)ccc1n3-c1ccccc1. The molecule has 0 radical (unpaired) electrons. The highest BCUT2D eigenvalue weighted by molar-refractivity contribution is 6.13. The number of rotatable bonds is 7. The van der Waals surface area contributed by atoms with Crippen molar-refractivity contribution in [3.05, 3.63) is 229 Å². The Bertz CT molecular complexity index is 3970. The highest BCUT2D eigenvalue weighted by atomic mass is 15.0. The molecule has 0 fully saturated rings. The van der Waals surface area contributed by atoms with Crippen molar-refractivity contribution in [2.24, 2.45) is 5.41 Å². The van der Waals surface area contributed by atoms with Crippen LogP contribution in [0.3, 0.4) is 0 Å². The van der Waals surface area contributed by atoms with Gasteiger partial charge in [-0.1, -0.05) is 213 Å². The molecular weight excluding hydrogens is 885 g/mol. The Balaban J connectivity index is 0.978. The fourth-order valence-corrected chi connectivity index (χ4v) is 12.4. The van der Waals surface area contributed by atoms with E-state index in [-0.39, 0.29) is 21.7 Å². The fourth-order valence-electron chi connectivity index (χ4n) is 12.4. The summed E-state index contributed by atoms with van der Waals surface area (Å²) in [6.07, 6.45) is 0. The van der Waals surface area contributed by atoms with E-state index in [1.807, 2.05) is 24.3 Å². The number of hydrogen-bond donors (Lipinski definition) is 0. The molecule has 0 saturated carbocycles. The van der Waals surface area contributed by atoms with Crippen LogP contribution in [0, 0.1) is 5.41 Å². The van der Waals surface area contributed by atoms with Gasteiger partial charge >= 0.3 is 0 Å². The van der Waals surface area contributed by atoms with Crippen LogP contribution in [-0.2, 0) is 16.2 Å². The fraction of sp³-hybridized carbons (Fsp3) is 0.174. The molecule has 0 unspecified atom stereocenters. The standard InChI is InChI=1S/C69H58N4/c1-66(2)57-27-19-18-26-51(57)54-42-62-56(41-58(54)66)55-38-49(36-37-61(55)73(62)50-24-16-11-17-25-50)53-40-60-59(67(3,4)69(7,8)68(60,5)6)39-52(53)45-30-34-48(35-31-45)65-71-63(46-22-14-10-15-23-46)70-64(72-65)47-32-28-44(29-33-47)43-20-12-9-13-21-43/h9-42H,1-8H3. The lowest BCUT2D eigenvalue weighted by atomic mass is 9.59. The lowest BCUT2D eigenvalue weighted by molar-refractivity contribution is 0.125. The summed E-state index contributed by atoms with van der Waals surface area (Å²) >= 11 is 0. The zero-order chi connectivity index (χ0) is 50.0. The zero-order valence-electron chi connectivity index (χ0n) is 42.9. The van der Waals surface area contributed by atoms with Crippen molar-refractivity contribution in [3.8, 4) is 84.4 Å². The van der Waals surface area contributed by atoms with Gasteiger partial charge in [-0.25, -0.2) is 15.0 Å². The zero-order valence-corrected chi connectivity index (χ0v) is 42.9. The van der Waals surface area contributed by atoms with Crippen LogP contribution in [0.4, 0.5) is 0 Å². The van der Waals surface area contributed by atoms with Gasteiger partial charge in [0.05, 0.1) is 11.0 Å². The summed E-state index contributed by atoms with van der Waals surface area (Å²) in [7, 11) is 0. The molecule has 9 aromatic carbocycles. The minimum Gasteiger partial charge on any atom is -0.309 e. The molecule has 354 valence electrons. The highest BCUT2D eigenvalue weighted by Crippen LogP contribution is 2.63. The third-order valence-corrected chi connectivity index (χ3v) is 17.8. The molecule has 0 amide bonds. The summed E-state index contributed by atoms with van der Waals surface area (Å²) in [5.41, 5.74) is 21.5.